The van der Waals surface area contributed by atoms with E-state index in [1.807, 2.05) is 17.5 Å². The molecule has 1 amide bonds. The van der Waals surface area contributed by atoms with Crippen LogP contribution in [0, 0.1) is 6.92 Å². The zero-order valence-corrected chi connectivity index (χ0v) is 18.9. The van der Waals surface area contributed by atoms with E-state index in [0.29, 0.717) is 17.1 Å². The van der Waals surface area contributed by atoms with Gasteiger partial charge < -0.3 is 14.1 Å². The SMILES string of the molecule is COC(=O)c1cc(CN(C)C(=O)c2cccc(S(=O)(=O)NCc3cccs3)c2)oc1C. The Bertz CT molecular complexity index is 1180. The van der Waals surface area contributed by atoms with Crippen molar-refractivity contribution in [1.82, 2.24) is 9.62 Å². The Labute approximate surface area is 184 Å². The van der Waals surface area contributed by atoms with Crippen molar-refractivity contribution in [2.75, 3.05) is 14.2 Å². The molecule has 2 aromatic heterocycles. The molecule has 2 heterocycles. The van der Waals surface area contributed by atoms with Gasteiger partial charge in [-0.3, -0.25) is 4.79 Å². The van der Waals surface area contributed by atoms with Crippen molar-refractivity contribution in [2.24, 2.45) is 0 Å². The number of aryl methyl sites for hydroxylation is 1. The van der Waals surface area contributed by atoms with Crippen LogP contribution >= 0.6 is 11.3 Å². The normalized spacial score (nSPS) is 11.3. The van der Waals surface area contributed by atoms with Gasteiger partial charge in [-0.05, 0) is 42.6 Å². The smallest absolute Gasteiger partial charge is 0.341 e. The highest BCUT2D eigenvalue weighted by Gasteiger charge is 2.21. The van der Waals surface area contributed by atoms with E-state index >= 15 is 0 Å². The van der Waals surface area contributed by atoms with Crippen LogP contribution in [0.25, 0.3) is 0 Å². The number of furan rings is 1. The number of methoxy groups -OCH3 is 1. The lowest BCUT2D eigenvalue weighted by molar-refractivity contribution is 0.0598. The summed E-state index contributed by atoms with van der Waals surface area (Å²) in [6.45, 7) is 1.91. The van der Waals surface area contributed by atoms with Gasteiger partial charge >= 0.3 is 5.97 Å². The van der Waals surface area contributed by atoms with Gasteiger partial charge in [0.25, 0.3) is 5.91 Å². The fourth-order valence-corrected chi connectivity index (χ4v) is 4.71. The Morgan fingerprint density at radius 3 is 2.65 bits per heavy atom. The molecule has 31 heavy (non-hydrogen) atoms. The molecule has 0 aliphatic rings. The summed E-state index contributed by atoms with van der Waals surface area (Å²) in [6, 6.07) is 11.1. The number of hydrogen-bond donors (Lipinski definition) is 1. The highest BCUT2D eigenvalue weighted by molar-refractivity contribution is 7.89. The van der Waals surface area contributed by atoms with Crippen LogP contribution < -0.4 is 4.72 Å². The Balaban J connectivity index is 1.72. The summed E-state index contributed by atoms with van der Waals surface area (Å²) in [5.74, 6) is -0.0961. The third-order valence-electron chi connectivity index (χ3n) is 4.52. The molecule has 3 aromatic rings. The molecular weight excluding hydrogens is 440 g/mol. The molecule has 1 aromatic carbocycles. The van der Waals surface area contributed by atoms with Crippen molar-refractivity contribution >= 4 is 33.2 Å². The minimum atomic E-state index is -3.78. The first kappa shape index (κ1) is 22.7. The lowest BCUT2D eigenvalue weighted by atomic mass is 10.2. The molecule has 3 rings (SSSR count). The van der Waals surface area contributed by atoms with Gasteiger partial charge in [0.15, 0.2) is 0 Å². The first-order valence-corrected chi connectivity index (χ1v) is 11.6. The topological polar surface area (TPSA) is 106 Å². The molecule has 0 aliphatic heterocycles. The number of hydrogen-bond acceptors (Lipinski definition) is 7. The average Bonchev–Trinajstić information content (AvgIpc) is 3.41. The Morgan fingerprint density at radius 2 is 1.97 bits per heavy atom. The van der Waals surface area contributed by atoms with E-state index in [9.17, 15) is 18.0 Å². The van der Waals surface area contributed by atoms with Crippen LogP contribution in [0.5, 0.6) is 0 Å². The molecule has 1 N–H and O–H groups in total. The first-order valence-electron chi connectivity index (χ1n) is 9.26. The van der Waals surface area contributed by atoms with Crippen molar-refractivity contribution in [1.29, 1.82) is 0 Å². The molecule has 0 saturated carbocycles. The molecule has 0 aliphatic carbocycles. The molecule has 0 radical (unpaired) electrons. The Hall–Kier alpha value is -2.95. The Kier molecular flexibility index (Phi) is 6.94. The minimum absolute atomic E-state index is 0.00475. The first-order chi connectivity index (χ1) is 14.7. The third kappa shape index (κ3) is 5.40. The van der Waals surface area contributed by atoms with Gasteiger partial charge in [0.1, 0.15) is 17.1 Å². The van der Waals surface area contributed by atoms with Crippen LogP contribution in [0.2, 0.25) is 0 Å². The summed E-state index contributed by atoms with van der Waals surface area (Å²) in [7, 11) is -0.934. The zero-order valence-electron chi connectivity index (χ0n) is 17.2. The number of ether oxygens (including phenoxy) is 1. The predicted octanol–water partition coefficient (Wildman–Crippen LogP) is 3.19. The summed E-state index contributed by atoms with van der Waals surface area (Å²) in [6.07, 6.45) is 0. The van der Waals surface area contributed by atoms with Gasteiger partial charge in [-0.25, -0.2) is 17.9 Å². The number of esters is 1. The summed E-state index contributed by atoms with van der Waals surface area (Å²) in [5.41, 5.74) is 0.515. The van der Waals surface area contributed by atoms with E-state index in [1.54, 1.807) is 20.0 Å². The molecule has 10 heteroatoms. The van der Waals surface area contributed by atoms with Crippen LogP contribution in [-0.4, -0.2) is 39.4 Å². The summed E-state index contributed by atoms with van der Waals surface area (Å²) >= 11 is 1.45. The number of carbonyl (C=O) groups excluding carboxylic acids is 2. The number of nitrogens with zero attached hydrogens (tertiary/aromatic N) is 1. The molecule has 0 saturated heterocycles. The van der Waals surface area contributed by atoms with Gasteiger partial charge in [0, 0.05) is 24.0 Å². The van der Waals surface area contributed by atoms with Gasteiger partial charge in [-0.15, -0.1) is 11.3 Å². The van der Waals surface area contributed by atoms with Crippen LogP contribution in [0.1, 0.15) is 37.1 Å². The van der Waals surface area contributed by atoms with Crippen molar-refractivity contribution in [3.63, 3.8) is 0 Å². The largest absolute Gasteiger partial charge is 0.465 e. The van der Waals surface area contributed by atoms with Crippen LogP contribution in [0.3, 0.4) is 0 Å². The number of thiophene rings is 1. The van der Waals surface area contributed by atoms with Crippen molar-refractivity contribution in [3.05, 3.63) is 75.4 Å². The van der Waals surface area contributed by atoms with Crippen molar-refractivity contribution in [3.8, 4) is 0 Å². The number of sulfonamides is 1. The maximum atomic E-state index is 12.8. The van der Waals surface area contributed by atoms with Crippen LogP contribution in [0.15, 0.2) is 57.2 Å². The molecule has 0 fully saturated rings. The second kappa shape index (κ2) is 9.46. The number of amides is 1. The van der Waals surface area contributed by atoms with Crippen LogP contribution in [0.4, 0.5) is 0 Å². The van der Waals surface area contributed by atoms with E-state index in [2.05, 4.69) is 4.72 Å². The maximum Gasteiger partial charge on any atom is 0.341 e. The molecular formula is C21H22N2O6S2. The average molecular weight is 463 g/mol. The zero-order chi connectivity index (χ0) is 22.6. The van der Waals surface area contributed by atoms with Gasteiger partial charge in [-0.2, -0.15) is 0 Å². The molecule has 0 bridgehead atoms. The second-order valence-corrected chi connectivity index (χ2v) is 9.57. The molecule has 0 atom stereocenters. The highest BCUT2D eigenvalue weighted by Crippen LogP contribution is 2.19. The fourth-order valence-electron chi connectivity index (χ4n) is 2.92. The van der Waals surface area contributed by atoms with Gasteiger partial charge in [0.05, 0.1) is 18.6 Å². The Morgan fingerprint density at radius 1 is 1.19 bits per heavy atom. The number of benzene rings is 1. The van der Waals surface area contributed by atoms with E-state index in [1.165, 1.54) is 47.6 Å². The number of carbonyl (C=O) groups is 2. The standard InChI is InChI=1S/C21H22N2O6S2/c1-14-19(21(25)28-3)11-16(29-14)13-23(2)20(24)15-6-4-8-18(10-15)31(26,27)22-12-17-7-5-9-30-17/h4-11,22H,12-13H2,1-3H3. The van der Waals surface area contributed by atoms with Crippen LogP contribution in [-0.2, 0) is 27.8 Å². The number of rotatable bonds is 8. The van der Waals surface area contributed by atoms with Gasteiger partial charge in [0.2, 0.25) is 10.0 Å². The molecule has 8 nitrogen and oxygen atoms in total. The molecule has 0 spiro atoms. The van der Waals surface area contributed by atoms with Gasteiger partial charge in [-0.1, -0.05) is 12.1 Å². The molecule has 0 unspecified atom stereocenters. The second-order valence-electron chi connectivity index (χ2n) is 6.77. The molecule has 164 valence electrons. The highest BCUT2D eigenvalue weighted by atomic mass is 32.2. The van der Waals surface area contributed by atoms with Crippen molar-refractivity contribution in [2.45, 2.75) is 24.9 Å². The number of nitrogens with one attached hydrogen (secondary N) is 1. The summed E-state index contributed by atoms with van der Waals surface area (Å²) in [4.78, 5) is 26.8. The van der Waals surface area contributed by atoms with E-state index in [0.717, 1.165) is 4.88 Å². The third-order valence-corrected chi connectivity index (χ3v) is 6.80. The maximum absolute atomic E-state index is 12.8. The fraction of sp³-hybridized carbons (Fsp3) is 0.238. The quantitative estimate of drug-likeness (QED) is 0.516. The van der Waals surface area contributed by atoms with Crippen molar-refractivity contribution < 1.29 is 27.2 Å². The lowest BCUT2D eigenvalue weighted by Gasteiger charge is -2.16. The predicted molar refractivity (Wildman–Crippen MR) is 115 cm³/mol. The lowest BCUT2D eigenvalue weighted by Crippen LogP contribution is -2.27. The van der Waals surface area contributed by atoms with E-state index < -0.39 is 16.0 Å². The van der Waals surface area contributed by atoms with E-state index in [-0.39, 0.29) is 29.5 Å². The monoisotopic (exact) mass is 462 g/mol. The van der Waals surface area contributed by atoms with E-state index in [4.69, 9.17) is 9.15 Å². The summed E-state index contributed by atoms with van der Waals surface area (Å²) in [5, 5.41) is 1.87. The summed E-state index contributed by atoms with van der Waals surface area (Å²) < 4.78 is 38.0. The minimum Gasteiger partial charge on any atom is -0.465 e.